The molecule has 1 aliphatic rings. The average Bonchev–Trinajstić information content (AvgIpc) is 2.97. The van der Waals surface area contributed by atoms with Crippen molar-refractivity contribution < 1.29 is 23.4 Å². The van der Waals surface area contributed by atoms with Gasteiger partial charge in [0.15, 0.2) is 11.5 Å². The van der Waals surface area contributed by atoms with E-state index in [9.17, 15) is 9.18 Å². The molecule has 0 aliphatic carbocycles. The molecule has 2 amide bonds. The highest BCUT2D eigenvalue weighted by molar-refractivity contribution is 5.90. The second kappa shape index (κ2) is 13.3. The van der Waals surface area contributed by atoms with Crippen LogP contribution in [0, 0.1) is 5.82 Å². The number of rotatable bonds is 10. The largest absolute Gasteiger partial charge is 0.493 e. The van der Waals surface area contributed by atoms with Gasteiger partial charge >= 0.3 is 6.03 Å². The van der Waals surface area contributed by atoms with Gasteiger partial charge in [0.25, 0.3) is 0 Å². The van der Waals surface area contributed by atoms with Gasteiger partial charge in [-0.1, -0.05) is 12.1 Å². The molecule has 1 unspecified atom stereocenters. The SMILES string of the molecule is COc1cc(NC(=O)NCC(c2ccc(N(C)C)cc2)N2CCN(c3ccc(F)cc3)CC2)cc(OC)c1OC. The minimum atomic E-state index is -0.339. The zero-order valence-corrected chi connectivity index (χ0v) is 23.7. The molecule has 9 nitrogen and oxygen atoms in total. The number of anilines is 3. The monoisotopic (exact) mass is 551 g/mol. The molecule has 1 heterocycles. The number of nitrogens with one attached hydrogen (secondary N) is 2. The normalized spacial score (nSPS) is 14.3. The molecule has 0 bridgehead atoms. The average molecular weight is 552 g/mol. The molecule has 1 atom stereocenters. The molecule has 0 saturated carbocycles. The lowest BCUT2D eigenvalue weighted by Crippen LogP contribution is -2.50. The quantitative estimate of drug-likeness (QED) is 0.381. The standard InChI is InChI=1S/C30H38FN5O4/c1-34(2)24-10-6-21(7-11-24)26(36-16-14-35(15-17-36)25-12-8-22(31)9-13-25)20-32-30(37)33-23-18-27(38-3)29(40-5)28(19-23)39-4/h6-13,18-19,26H,14-17,20H2,1-5H3,(H2,32,33,37). The van der Waals surface area contributed by atoms with Gasteiger partial charge in [-0.25, -0.2) is 9.18 Å². The van der Waals surface area contributed by atoms with Crippen LogP contribution in [0.25, 0.3) is 0 Å². The highest BCUT2D eigenvalue weighted by Gasteiger charge is 2.26. The molecule has 1 saturated heterocycles. The Bertz CT molecular complexity index is 1240. The summed E-state index contributed by atoms with van der Waals surface area (Å²) in [7, 11) is 8.61. The molecule has 3 aromatic rings. The maximum atomic E-state index is 13.4. The van der Waals surface area contributed by atoms with Gasteiger partial charge in [-0.2, -0.15) is 0 Å². The summed E-state index contributed by atoms with van der Waals surface area (Å²) in [5, 5.41) is 5.93. The van der Waals surface area contributed by atoms with Crippen molar-refractivity contribution >= 4 is 23.1 Å². The van der Waals surface area contributed by atoms with E-state index < -0.39 is 0 Å². The minimum Gasteiger partial charge on any atom is -0.493 e. The summed E-state index contributed by atoms with van der Waals surface area (Å²) in [6, 6.07) is 18.0. The first kappa shape index (κ1) is 28.8. The van der Waals surface area contributed by atoms with E-state index in [1.807, 2.05) is 26.2 Å². The summed E-state index contributed by atoms with van der Waals surface area (Å²) in [5.41, 5.74) is 3.76. The van der Waals surface area contributed by atoms with Crippen molar-refractivity contribution in [2.24, 2.45) is 0 Å². The van der Waals surface area contributed by atoms with E-state index in [2.05, 4.69) is 49.6 Å². The third-order valence-electron chi connectivity index (χ3n) is 7.12. The molecular weight excluding hydrogens is 513 g/mol. The van der Waals surface area contributed by atoms with E-state index in [0.717, 1.165) is 43.1 Å². The van der Waals surface area contributed by atoms with Crippen molar-refractivity contribution in [3.8, 4) is 17.2 Å². The summed E-state index contributed by atoms with van der Waals surface area (Å²) in [6.07, 6.45) is 0. The lowest BCUT2D eigenvalue weighted by molar-refractivity contribution is 0.182. The van der Waals surface area contributed by atoms with Gasteiger partial charge in [-0.3, -0.25) is 4.90 Å². The maximum absolute atomic E-state index is 13.4. The highest BCUT2D eigenvalue weighted by Crippen LogP contribution is 2.40. The molecule has 0 spiro atoms. The zero-order chi connectivity index (χ0) is 28.6. The molecule has 214 valence electrons. The van der Waals surface area contributed by atoms with Gasteiger partial charge < -0.3 is 34.6 Å². The first-order valence-corrected chi connectivity index (χ1v) is 13.2. The summed E-state index contributed by atoms with van der Waals surface area (Å²) in [5.74, 6) is 1.13. The van der Waals surface area contributed by atoms with Gasteiger partial charge in [0, 0.05) is 70.3 Å². The van der Waals surface area contributed by atoms with E-state index in [1.54, 1.807) is 12.1 Å². The molecule has 1 fully saturated rings. The Kier molecular flexibility index (Phi) is 9.55. The summed E-state index contributed by atoms with van der Waals surface area (Å²) in [4.78, 5) is 19.7. The molecule has 3 aromatic carbocycles. The number of hydrogen-bond acceptors (Lipinski definition) is 7. The summed E-state index contributed by atoms with van der Waals surface area (Å²) < 4.78 is 29.6. The van der Waals surface area contributed by atoms with Crippen molar-refractivity contribution in [2.75, 3.05) is 83.3 Å². The Labute approximate surface area is 235 Å². The van der Waals surface area contributed by atoms with Crippen molar-refractivity contribution in [1.82, 2.24) is 10.2 Å². The first-order valence-electron chi connectivity index (χ1n) is 13.2. The van der Waals surface area contributed by atoms with Crippen LogP contribution in [0.15, 0.2) is 60.7 Å². The minimum absolute atomic E-state index is 0.0303. The van der Waals surface area contributed by atoms with E-state index in [1.165, 1.54) is 33.5 Å². The number of methoxy groups -OCH3 is 3. The number of halogens is 1. The molecule has 2 N–H and O–H groups in total. The fourth-order valence-corrected chi connectivity index (χ4v) is 4.91. The summed E-state index contributed by atoms with van der Waals surface area (Å²) in [6.45, 7) is 3.61. The van der Waals surface area contributed by atoms with Crippen LogP contribution in [0.1, 0.15) is 11.6 Å². The fraction of sp³-hybridized carbons (Fsp3) is 0.367. The smallest absolute Gasteiger partial charge is 0.319 e. The second-order valence-electron chi connectivity index (χ2n) is 9.75. The third kappa shape index (κ3) is 6.87. The zero-order valence-electron chi connectivity index (χ0n) is 23.7. The lowest BCUT2D eigenvalue weighted by atomic mass is 10.0. The van der Waals surface area contributed by atoms with Crippen LogP contribution < -0.4 is 34.6 Å². The van der Waals surface area contributed by atoms with Gasteiger partial charge in [0.1, 0.15) is 5.82 Å². The number of urea groups is 1. The van der Waals surface area contributed by atoms with Gasteiger partial charge in [-0.15, -0.1) is 0 Å². The van der Waals surface area contributed by atoms with Crippen LogP contribution in [-0.2, 0) is 0 Å². The number of ether oxygens (including phenoxy) is 3. The number of piperazine rings is 1. The molecule has 1 aliphatic heterocycles. The van der Waals surface area contributed by atoms with Crippen molar-refractivity contribution in [3.05, 3.63) is 72.0 Å². The predicted molar refractivity (Wildman–Crippen MR) is 157 cm³/mol. The number of amides is 2. The Morgan fingerprint density at radius 3 is 2.02 bits per heavy atom. The van der Waals surface area contributed by atoms with Crippen molar-refractivity contribution in [3.63, 3.8) is 0 Å². The molecule has 0 radical (unpaired) electrons. The Balaban J connectivity index is 1.46. The van der Waals surface area contributed by atoms with Crippen molar-refractivity contribution in [2.45, 2.75) is 6.04 Å². The van der Waals surface area contributed by atoms with E-state index in [-0.39, 0.29) is 17.9 Å². The lowest BCUT2D eigenvalue weighted by Gasteiger charge is -2.40. The van der Waals surface area contributed by atoms with Gasteiger partial charge in [-0.05, 0) is 42.0 Å². The van der Waals surface area contributed by atoms with Gasteiger partial charge in [0.05, 0.1) is 33.1 Å². The Hall–Kier alpha value is -4.18. The van der Waals surface area contributed by atoms with Crippen LogP contribution >= 0.6 is 0 Å². The number of carbonyl (C=O) groups is 1. The third-order valence-corrected chi connectivity index (χ3v) is 7.12. The number of nitrogens with zero attached hydrogens (tertiary/aromatic N) is 3. The Morgan fingerprint density at radius 2 is 1.50 bits per heavy atom. The van der Waals surface area contributed by atoms with E-state index in [0.29, 0.717) is 29.5 Å². The van der Waals surface area contributed by atoms with Crippen LogP contribution in [0.5, 0.6) is 17.2 Å². The van der Waals surface area contributed by atoms with E-state index in [4.69, 9.17) is 14.2 Å². The molecule has 4 rings (SSSR count). The van der Waals surface area contributed by atoms with Crippen LogP contribution in [0.2, 0.25) is 0 Å². The van der Waals surface area contributed by atoms with Crippen molar-refractivity contribution in [1.29, 1.82) is 0 Å². The molecule has 0 aromatic heterocycles. The Morgan fingerprint density at radius 1 is 0.900 bits per heavy atom. The van der Waals surface area contributed by atoms with Crippen LogP contribution in [0.4, 0.5) is 26.2 Å². The number of benzene rings is 3. The summed E-state index contributed by atoms with van der Waals surface area (Å²) >= 11 is 0. The van der Waals surface area contributed by atoms with Crippen LogP contribution in [-0.4, -0.2) is 79.1 Å². The van der Waals surface area contributed by atoms with Gasteiger partial charge in [0.2, 0.25) is 5.75 Å². The van der Waals surface area contributed by atoms with Crippen LogP contribution in [0.3, 0.4) is 0 Å². The maximum Gasteiger partial charge on any atom is 0.319 e. The second-order valence-corrected chi connectivity index (χ2v) is 9.75. The number of hydrogen-bond donors (Lipinski definition) is 2. The van der Waals surface area contributed by atoms with E-state index >= 15 is 0 Å². The number of carbonyl (C=O) groups excluding carboxylic acids is 1. The highest BCUT2D eigenvalue weighted by atomic mass is 19.1. The molecule has 40 heavy (non-hydrogen) atoms. The fourth-order valence-electron chi connectivity index (χ4n) is 4.91. The molecular formula is C30H38FN5O4. The molecule has 10 heteroatoms. The first-order chi connectivity index (χ1) is 19.3. The topological polar surface area (TPSA) is 78.5 Å². The predicted octanol–water partition coefficient (Wildman–Crippen LogP) is 4.60.